The van der Waals surface area contributed by atoms with Crippen molar-refractivity contribution in [1.29, 1.82) is 0 Å². The van der Waals surface area contributed by atoms with Gasteiger partial charge in [-0.3, -0.25) is 0 Å². The number of imidazole rings is 1. The molecule has 1 aromatic carbocycles. The number of benzene rings is 1. The van der Waals surface area contributed by atoms with Crippen LogP contribution in [0.5, 0.6) is 5.75 Å². The van der Waals surface area contributed by atoms with Crippen molar-refractivity contribution in [2.24, 2.45) is 0 Å². The zero-order valence-corrected chi connectivity index (χ0v) is 10.1. The molecule has 0 spiro atoms. The fourth-order valence-electron chi connectivity index (χ4n) is 2.11. The highest BCUT2D eigenvalue weighted by Crippen LogP contribution is 2.41. The van der Waals surface area contributed by atoms with Crippen LogP contribution >= 0.6 is 0 Å². The minimum Gasteiger partial charge on any atom is -0.488 e. The quantitative estimate of drug-likeness (QED) is 0.868. The zero-order valence-electron chi connectivity index (χ0n) is 10.1. The largest absolute Gasteiger partial charge is 0.488 e. The van der Waals surface area contributed by atoms with E-state index in [9.17, 15) is 8.78 Å². The first-order valence-electron chi connectivity index (χ1n) is 5.96. The van der Waals surface area contributed by atoms with Crippen molar-refractivity contribution in [3.63, 3.8) is 0 Å². The molecule has 1 aliphatic rings. The highest BCUT2D eigenvalue weighted by Gasteiger charge is 2.47. The molecule has 19 heavy (non-hydrogen) atoms. The van der Waals surface area contributed by atoms with E-state index in [0.29, 0.717) is 11.4 Å². The third-order valence-electron chi connectivity index (χ3n) is 3.11. The Hall–Kier alpha value is -2.11. The maximum absolute atomic E-state index is 12.8. The van der Waals surface area contributed by atoms with Crippen molar-refractivity contribution < 1.29 is 13.5 Å². The van der Waals surface area contributed by atoms with E-state index in [2.05, 4.69) is 4.98 Å². The van der Waals surface area contributed by atoms with Crippen LogP contribution in [0.15, 0.2) is 36.9 Å². The van der Waals surface area contributed by atoms with Crippen LogP contribution in [0, 0.1) is 0 Å². The summed E-state index contributed by atoms with van der Waals surface area (Å²) >= 11 is 0. The lowest BCUT2D eigenvalue weighted by atomic mass is 9.91. The van der Waals surface area contributed by atoms with Crippen molar-refractivity contribution in [3.05, 3.63) is 36.9 Å². The topological polar surface area (TPSA) is 53.1 Å². The van der Waals surface area contributed by atoms with Crippen LogP contribution in [0.1, 0.15) is 12.8 Å². The minimum atomic E-state index is -2.60. The Morgan fingerprint density at radius 3 is 2.79 bits per heavy atom. The monoisotopic (exact) mass is 265 g/mol. The molecular formula is C13H13F2N3O. The van der Waals surface area contributed by atoms with Gasteiger partial charge >= 0.3 is 0 Å². The van der Waals surface area contributed by atoms with Gasteiger partial charge in [0.1, 0.15) is 11.9 Å². The molecule has 0 radical (unpaired) electrons. The summed E-state index contributed by atoms with van der Waals surface area (Å²) in [5, 5.41) is 0. The van der Waals surface area contributed by atoms with E-state index in [1.807, 2.05) is 0 Å². The summed E-state index contributed by atoms with van der Waals surface area (Å²) in [7, 11) is 0. The SMILES string of the molecule is Nc1ccc(-n2ccnc2)c(OC2CC(F)(F)C2)c1. The molecule has 1 heterocycles. The number of nitrogens with zero attached hydrogens (tertiary/aromatic N) is 2. The number of anilines is 1. The van der Waals surface area contributed by atoms with Crippen LogP contribution in [0.4, 0.5) is 14.5 Å². The summed E-state index contributed by atoms with van der Waals surface area (Å²) in [6.45, 7) is 0. The predicted molar refractivity (Wildman–Crippen MR) is 66.6 cm³/mol. The van der Waals surface area contributed by atoms with Crippen molar-refractivity contribution >= 4 is 5.69 Å². The second-order valence-electron chi connectivity index (χ2n) is 4.70. The molecule has 0 saturated heterocycles. The highest BCUT2D eigenvalue weighted by atomic mass is 19.3. The van der Waals surface area contributed by atoms with E-state index < -0.39 is 12.0 Å². The van der Waals surface area contributed by atoms with E-state index in [4.69, 9.17) is 10.5 Å². The number of hydrogen-bond donors (Lipinski definition) is 1. The normalized spacial score (nSPS) is 18.0. The molecule has 1 fully saturated rings. The molecule has 1 aliphatic carbocycles. The van der Waals surface area contributed by atoms with Gasteiger partial charge in [-0.2, -0.15) is 0 Å². The Balaban J connectivity index is 1.86. The summed E-state index contributed by atoms with van der Waals surface area (Å²) < 4.78 is 33.0. The Bertz CT molecular complexity index is 576. The average molecular weight is 265 g/mol. The zero-order chi connectivity index (χ0) is 13.5. The Morgan fingerprint density at radius 2 is 2.16 bits per heavy atom. The van der Waals surface area contributed by atoms with Gasteiger partial charge in [0.25, 0.3) is 5.92 Å². The molecule has 0 unspecified atom stereocenters. The van der Waals surface area contributed by atoms with Crippen LogP contribution in [0.25, 0.3) is 5.69 Å². The fourth-order valence-corrected chi connectivity index (χ4v) is 2.11. The maximum Gasteiger partial charge on any atom is 0.255 e. The van der Waals surface area contributed by atoms with E-state index in [1.54, 1.807) is 41.5 Å². The molecule has 0 amide bonds. The van der Waals surface area contributed by atoms with Crippen molar-refractivity contribution in [2.45, 2.75) is 24.9 Å². The lowest BCUT2D eigenvalue weighted by Crippen LogP contribution is -2.43. The number of nitrogens with two attached hydrogens (primary N) is 1. The fraction of sp³-hybridized carbons (Fsp3) is 0.308. The van der Waals surface area contributed by atoms with Crippen molar-refractivity contribution in [1.82, 2.24) is 9.55 Å². The molecule has 2 N–H and O–H groups in total. The molecule has 100 valence electrons. The third kappa shape index (κ3) is 2.38. The van der Waals surface area contributed by atoms with Gasteiger partial charge in [-0.25, -0.2) is 13.8 Å². The maximum atomic E-state index is 12.8. The minimum absolute atomic E-state index is 0.245. The van der Waals surface area contributed by atoms with Gasteiger partial charge in [-0.1, -0.05) is 0 Å². The van der Waals surface area contributed by atoms with Crippen LogP contribution < -0.4 is 10.5 Å². The number of rotatable bonds is 3. The molecular weight excluding hydrogens is 252 g/mol. The van der Waals surface area contributed by atoms with E-state index in [-0.39, 0.29) is 12.8 Å². The standard InChI is InChI=1S/C13H13F2N3O/c14-13(15)6-10(7-13)19-12-5-9(16)1-2-11(12)18-4-3-17-8-18/h1-5,8,10H,6-7,16H2. The van der Waals surface area contributed by atoms with Crippen LogP contribution in [0.2, 0.25) is 0 Å². The lowest BCUT2D eigenvalue weighted by molar-refractivity contribution is -0.134. The summed E-state index contributed by atoms with van der Waals surface area (Å²) in [6.07, 6.45) is 4.06. The van der Waals surface area contributed by atoms with Gasteiger partial charge in [0, 0.05) is 37.0 Å². The molecule has 0 aliphatic heterocycles. The molecule has 1 aromatic heterocycles. The number of aromatic nitrogens is 2. The smallest absolute Gasteiger partial charge is 0.255 e. The van der Waals surface area contributed by atoms with Crippen LogP contribution in [0.3, 0.4) is 0 Å². The van der Waals surface area contributed by atoms with Gasteiger partial charge in [-0.15, -0.1) is 0 Å². The first-order valence-corrected chi connectivity index (χ1v) is 5.96. The average Bonchev–Trinajstić information content (AvgIpc) is 2.80. The third-order valence-corrected chi connectivity index (χ3v) is 3.11. The van der Waals surface area contributed by atoms with E-state index in [1.165, 1.54) is 0 Å². The molecule has 6 heteroatoms. The second-order valence-corrected chi connectivity index (χ2v) is 4.70. The number of alkyl halides is 2. The number of halogens is 2. The van der Waals surface area contributed by atoms with Crippen LogP contribution in [-0.4, -0.2) is 21.6 Å². The number of ether oxygens (including phenoxy) is 1. The van der Waals surface area contributed by atoms with Gasteiger partial charge in [-0.05, 0) is 12.1 Å². The van der Waals surface area contributed by atoms with Crippen molar-refractivity contribution in [2.75, 3.05) is 5.73 Å². The van der Waals surface area contributed by atoms with Gasteiger partial charge < -0.3 is 15.0 Å². The van der Waals surface area contributed by atoms with Crippen molar-refractivity contribution in [3.8, 4) is 11.4 Å². The summed E-state index contributed by atoms with van der Waals surface area (Å²) in [6, 6.07) is 5.16. The summed E-state index contributed by atoms with van der Waals surface area (Å²) in [5.41, 5.74) is 6.99. The summed E-state index contributed by atoms with van der Waals surface area (Å²) in [4.78, 5) is 3.95. The molecule has 1 saturated carbocycles. The lowest BCUT2D eigenvalue weighted by Gasteiger charge is -2.35. The first-order chi connectivity index (χ1) is 9.03. The molecule has 3 rings (SSSR count). The Labute approximate surface area is 108 Å². The van der Waals surface area contributed by atoms with Gasteiger partial charge in [0.15, 0.2) is 0 Å². The van der Waals surface area contributed by atoms with Crippen LogP contribution in [-0.2, 0) is 0 Å². The van der Waals surface area contributed by atoms with E-state index >= 15 is 0 Å². The molecule has 2 aromatic rings. The second kappa shape index (κ2) is 4.22. The summed E-state index contributed by atoms with van der Waals surface area (Å²) in [5.74, 6) is -2.10. The highest BCUT2D eigenvalue weighted by molar-refractivity contribution is 5.56. The molecule has 4 nitrogen and oxygen atoms in total. The predicted octanol–water partition coefficient (Wildman–Crippen LogP) is 2.63. The number of hydrogen-bond acceptors (Lipinski definition) is 3. The molecule has 0 bridgehead atoms. The Kier molecular flexibility index (Phi) is 2.66. The Morgan fingerprint density at radius 1 is 1.37 bits per heavy atom. The van der Waals surface area contributed by atoms with Gasteiger partial charge in [0.2, 0.25) is 0 Å². The van der Waals surface area contributed by atoms with E-state index in [0.717, 1.165) is 5.69 Å². The van der Waals surface area contributed by atoms with Gasteiger partial charge in [0.05, 0.1) is 12.0 Å². The molecule has 0 atom stereocenters. The number of nitrogen functional groups attached to an aromatic ring is 1. The first kappa shape index (κ1) is 12.0.